The SMILES string of the molecule is C[C@@H]1CC[C@@]2(OC1)O[C@H]1C[C@H]3[C@@H]4CC[C@H]5C[C@H](NC(=O)CC(=O)NCCc6ccc7c(c6)OCO7)CC[C@]5(C)[C@H]4CC[C@]3(C)[C@H]1[C@@H]2C. The van der Waals surface area contributed by atoms with E-state index in [4.69, 9.17) is 18.9 Å². The second-order valence-electron chi connectivity index (χ2n) is 17.2. The van der Waals surface area contributed by atoms with Crippen LogP contribution in [-0.4, -0.2) is 49.7 Å². The van der Waals surface area contributed by atoms with Crippen LogP contribution in [-0.2, 0) is 25.5 Å². The third-order valence-corrected chi connectivity index (χ3v) is 14.8. The maximum absolute atomic E-state index is 12.9. The zero-order chi connectivity index (χ0) is 32.6. The van der Waals surface area contributed by atoms with Gasteiger partial charge in [-0.05, 0) is 128 Å². The van der Waals surface area contributed by atoms with Crippen molar-refractivity contribution >= 4 is 11.8 Å². The normalized spacial score (nSPS) is 44.6. The number of hydrogen-bond acceptors (Lipinski definition) is 6. The van der Waals surface area contributed by atoms with E-state index in [0.29, 0.717) is 53.6 Å². The lowest BCUT2D eigenvalue weighted by Gasteiger charge is -2.61. The summed E-state index contributed by atoms with van der Waals surface area (Å²) in [5.74, 6) is 5.44. The van der Waals surface area contributed by atoms with Gasteiger partial charge in [0.15, 0.2) is 17.3 Å². The summed E-state index contributed by atoms with van der Waals surface area (Å²) >= 11 is 0. The van der Waals surface area contributed by atoms with E-state index in [1.165, 1.54) is 44.9 Å². The van der Waals surface area contributed by atoms with Crippen LogP contribution in [0.2, 0.25) is 0 Å². The quantitative estimate of drug-likeness (QED) is 0.347. The van der Waals surface area contributed by atoms with Gasteiger partial charge in [-0.25, -0.2) is 0 Å². The van der Waals surface area contributed by atoms with Crippen molar-refractivity contribution in [1.82, 2.24) is 10.6 Å². The van der Waals surface area contributed by atoms with Gasteiger partial charge in [-0.3, -0.25) is 9.59 Å². The van der Waals surface area contributed by atoms with Crippen molar-refractivity contribution in [2.24, 2.45) is 52.3 Å². The number of amides is 2. The molecule has 8 nitrogen and oxygen atoms in total. The van der Waals surface area contributed by atoms with Crippen molar-refractivity contribution in [3.05, 3.63) is 23.8 Å². The number of ether oxygens (including phenoxy) is 4. The fourth-order valence-corrected chi connectivity index (χ4v) is 12.3. The molecule has 2 N–H and O–H groups in total. The Kier molecular flexibility index (Phi) is 8.10. The topological polar surface area (TPSA) is 95.1 Å². The number of carbonyl (C=O) groups is 2. The molecular formula is C39H56N2O6. The van der Waals surface area contributed by atoms with E-state index >= 15 is 0 Å². The van der Waals surface area contributed by atoms with Gasteiger partial charge in [0.1, 0.15) is 6.42 Å². The molecule has 4 saturated carbocycles. The van der Waals surface area contributed by atoms with E-state index in [-0.39, 0.29) is 36.9 Å². The molecule has 1 aromatic carbocycles. The summed E-state index contributed by atoms with van der Waals surface area (Å²) in [6.07, 6.45) is 12.8. The highest BCUT2D eigenvalue weighted by atomic mass is 16.7. The first kappa shape index (κ1) is 31.9. The predicted octanol–water partition coefficient (Wildman–Crippen LogP) is 6.40. The molecule has 3 aliphatic heterocycles. The monoisotopic (exact) mass is 648 g/mol. The molecule has 1 spiro atoms. The standard InChI is InChI=1S/C39H56N2O6/c1-23-9-15-39(46-21-23)24(2)36-33(47-39)19-30-28-7-6-26-18-27(10-13-37(26,3)29(28)11-14-38(30,36)4)41-35(43)20-34(42)40-16-12-25-5-8-31-32(17-25)45-22-44-31/h5,8,17,23-24,26-30,33,36H,6-7,9-16,18-22H2,1-4H3,(H,40,42)(H,41,43)/t23-,24+,26+,27-,28-,29+,30+,33+,36+,37+,38+,39-/m1/s1. The number of rotatable bonds is 6. The highest BCUT2D eigenvalue weighted by Crippen LogP contribution is 2.71. The molecule has 2 amide bonds. The fraction of sp³-hybridized carbons (Fsp3) is 0.795. The number of benzene rings is 1. The first-order valence-electron chi connectivity index (χ1n) is 18.8. The van der Waals surface area contributed by atoms with Gasteiger partial charge in [-0.1, -0.05) is 33.8 Å². The highest BCUT2D eigenvalue weighted by molar-refractivity contribution is 5.96. The van der Waals surface area contributed by atoms with Gasteiger partial charge >= 0.3 is 0 Å². The van der Waals surface area contributed by atoms with Crippen LogP contribution in [0.4, 0.5) is 0 Å². The molecule has 47 heavy (non-hydrogen) atoms. The molecule has 258 valence electrons. The van der Waals surface area contributed by atoms with Crippen molar-refractivity contribution in [1.29, 1.82) is 0 Å². The van der Waals surface area contributed by atoms with E-state index in [0.717, 1.165) is 60.7 Å². The van der Waals surface area contributed by atoms with Crippen molar-refractivity contribution in [2.75, 3.05) is 19.9 Å². The largest absolute Gasteiger partial charge is 0.454 e. The molecule has 8 heteroatoms. The van der Waals surface area contributed by atoms with Gasteiger partial charge in [0.25, 0.3) is 0 Å². The minimum atomic E-state index is -0.339. The van der Waals surface area contributed by atoms with Crippen LogP contribution in [0.3, 0.4) is 0 Å². The molecule has 2 saturated heterocycles. The van der Waals surface area contributed by atoms with Gasteiger partial charge in [0.05, 0.1) is 12.7 Å². The Morgan fingerprint density at radius 1 is 0.894 bits per heavy atom. The molecule has 0 bridgehead atoms. The Labute approximate surface area is 280 Å². The number of hydrogen-bond donors (Lipinski definition) is 2. The molecule has 12 atom stereocenters. The minimum absolute atomic E-state index is 0.112. The molecule has 0 radical (unpaired) electrons. The Morgan fingerprint density at radius 3 is 2.55 bits per heavy atom. The van der Waals surface area contributed by atoms with Crippen LogP contribution >= 0.6 is 0 Å². The second kappa shape index (κ2) is 11.9. The van der Waals surface area contributed by atoms with Crippen LogP contribution in [0.25, 0.3) is 0 Å². The summed E-state index contributed by atoms with van der Waals surface area (Å²) in [5.41, 5.74) is 1.75. The highest BCUT2D eigenvalue weighted by Gasteiger charge is 2.69. The fourth-order valence-electron chi connectivity index (χ4n) is 12.3. The summed E-state index contributed by atoms with van der Waals surface area (Å²) in [4.78, 5) is 25.5. The van der Waals surface area contributed by atoms with E-state index in [9.17, 15) is 9.59 Å². The first-order valence-corrected chi connectivity index (χ1v) is 18.8. The van der Waals surface area contributed by atoms with Gasteiger partial charge in [0, 0.05) is 24.9 Å². The Balaban J connectivity index is 0.832. The average molecular weight is 649 g/mol. The van der Waals surface area contributed by atoms with Gasteiger partial charge in [0.2, 0.25) is 18.6 Å². The van der Waals surface area contributed by atoms with Crippen LogP contribution in [0.1, 0.15) is 104 Å². The molecule has 0 unspecified atom stereocenters. The van der Waals surface area contributed by atoms with E-state index in [2.05, 4.69) is 38.3 Å². The lowest BCUT2D eigenvalue weighted by molar-refractivity contribution is -0.273. The van der Waals surface area contributed by atoms with Crippen LogP contribution < -0.4 is 20.1 Å². The summed E-state index contributed by atoms with van der Waals surface area (Å²) < 4.78 is 24.3. The first-order chi connectivity index (χ1) is 22.6. The van der Waals surface area contributed by atoms with Crippen molar-refractivity contribution in [2.45, 2.75) is 123 Å². The lowest BCUT2D eigenvalue weighted by atomic mass is 9.44. The van der Waals surface area contributed by atoms with Crippen molar-refractivity contribution in [3.8, 4) is 11.5 Å². The maximum Gasteiger partial charge on any atom is 0.231 e. The lowest BCUT2D eigenvalue weighted by Crippen LogP contribution is -2.56. The molecule has 6 fully saturated rings. The van der Waals surface area contributed by atoms with Crippen molar-refractivity contribution in [3.63, 3.8) is 0 Å². The summed E-state index contributed by atoms with van der Waals surface area (Å²) in [6, 6.07) is 6.00. The number of carbonyl (C=O) groups excluding carboxylic acids is 2. The zero-order valence-corrected chi connectivity index (χ0v) is 29.0. The third-order valence-electron chi connectivity index (χ3n) is 14.8. The van der Waals surface area contributed by atoms with Gasteiger partial charge < -0.3 is 29.6 Å². The summed E-state index contributed by atoms with van der Waals surface area (Å²) in [7, 11) is 0. The molecular weight excluding hydrogens is 592 g/mol. The molecule has 7 aliphatic rings. The molecule has 0 aromatic heterocycles. The number of fused-ring (bicyclic) bond motifs is 8. The Bertz CT molecular complexity index is 1370. The maximum atomic E-state index is 12.9. The van der Waals surface area contributed by atoms with Crippen LogP contribution in [0, 0.1) is 52.3 Å². The second-order valence-corrected chi connectivity index (χ2v) is 17.2. The van der Waals surface area contributed by atoms with E-state index in [1.807, 2.05) is 18.2 Å². The predicted molar refractivity (Wildman–Crippen MR) is 178 cm³/mol. The molecule has 8 rings (SSSR count). The zero-order valence-electron chi connectivity index (χ0n) is 29.0. The van der Waals surface area contributed by atoms with Gasteiger partial charge in [-0.15, -0.1) is 0 Å². The van der Waals surface area contributed by atoms with Crippen molar-refractivity contribution < 1.29 is 28.5 Å². The summed E-state index contributed by atoms with van der Waals surface area (Å²) in [6.45, 7) is 11.5. The Morgan fingerprint density at radius 2 is 1.72 bits per heavy atom. The molecule has 1 aromatic rings. The minimum Gasteiger partial charge on any atom is -0.454 e. The third kappa shape index (κ3) is 5.39. The molecule has 4 aliphatic carbocycles. The van der Waals surface area contributed by atoms with E-state index < -0.39 is 0 Å². The van der Waals surface area contributed by atoms with Crippen LogP contribution in [0.5, 0.6) is 11.5 Å². The van der Waals surface area contributed by atoms with Gasteiger partial charge in [-0.2, -0.15) is 0 Å². The average Bonchev–Trinajstić information content (AvgIpc) is 3.70. The summed E-state index contributed by atoms with van der Waals surface area (Å²) in [5, 5.41) is 6.17. The number of nitrogens with one attached hydrogen (secondary N) is 2. The molecule has 3 heterocycles. The van der Waals surface area contributed by atoms with Crippen LogP contribution in [0.15, 0.2) is 18.2 Å². The Hall–Kier alpha value is -2.32. The smallest absolute Gasteiger partial charge is 0.231 e. The van der Waals surface area contributed by atoms with E-state index in [1.54, 1.807) is 0 Å².